The minimum atomic E-state index is 0.508. The van der Waals surface area contributed by atoms with Gasteiger partial charge in [-0.2, -0.15) is 0 Å². The van der Waals surface area contributed by atoms with Gasteiger partial charge in [0.05, 0.1) is 30.0 Å². The van der Waals surface area contributed by atoms with Gasteiger partial charge in [0.2, 0.25) is 0 Å². The smallest absolute Gasteiger partial charge is 0.156 e. The largest absolute Gasteiger partial charge is 0.494 e. The van der Waals surface area contributed by atoms with Crippen LogP contribution in [0, 0.1) is 0 Å². The van der Waals surface area contributed by atoms with Crippen molar-refractivity contribution in [1.82, 2.24) is 5.32 Å². The molecular formula is C13H13Cl2NO2. The highest BCUT2D eigenvalue weighted by Crippen LogP contribution is 2.33. The van der Waals surface area contributed by atoms with Gasteiger partial charge in [-0.3, -0.25) is 0 Å². The number of benzene rings is 1. The molecule has 18 heavy (non-hydrogen) atoms. The van der Waals surface area contributed by atoms with E-state index >= 15 is 0 Å². The predicted octanol–water partition coefficient (Wildman–Crippen LogP) is 3.88. The van der Waals surface area contributed by atoms with Crippen molar-refractivity contribution in [2.24, 2.45) is 0 Å². The third kappa shape index (κ3) is 3.19. The van der Waals surface area contributed by atoms with Gasteiger partial charge >= 0.3 is 0 Å². The molecule has 0 saturated carbocycles. The first kappa shape index (κ1) is 13.3. The maximum atomic E-state index is 6.06. The lowest BCUT2D eigenvalue weighted by Gasteiger charge is -2.09. The molecule has 1 N–H and O–H groups in total. The highest BCUT2D eigenvalue weighted by Gasteiger charge is 2.08. The number of halogens is 2. The molecule has 0 bridgehead atoms. The number of ether oxygens (including phenoxy) is 1. The number of hydrogen-bond donors (Lipinski definition) is 1. The Kier molecular flexibility index (Phi) is 4.53. The summed E-state index contributed by atoms with van der Waals surface area (Å²) in [5.74, 6) is 1.40. The van der Waals surface area contributed by atoms with Gasteiger partial charge in [0.1, 0.15) is 5.76 Å². The molecular weight excluding hydrogens is 273 g/mol. The van der Waals surface area contributed by atoms with E-state index in [1.54, 1.807) is 13.4 Å². The Morgan fingerprint density at radius 2 is 1.94 bits per heavy atom. The number of nitrogens with one attached hydrogen (secondary N) is 1. The summed E-state index contributed by atoms with van der Waals surface area (Å²) in [6.45, 7) is 1.32. The molecule has 0 amide bonds. The van der Waals surface area contributed by atoms with Crippen LogP contribution in [0.5, 0.6) is 5.75 Å². The van der Waals surface area contributed by atoms with Crippen molar-refractivity contribution in [3.05, 3.63) is 51.9 Å². The molecule has 0 unspecified atom stereocenters. The molecule has 3 nitrogen and oxygen atoms in total. The molecule has 0 aliphatic rings. The van der Waals surface area contributed by atoms with Crippen LogP contribution in [0.4, 0.5) is 0 Å². The Labute approximate surface area is 116 Å². The van der Waals surface area contributed by atoms with Crippen molar-refractivity contribution in [3.8, 4) is 5.75 Å². The van der Waals surface area contributed by atoms with Gasteiger partial charge < -0.3 is 14.5 Å². The summed E-state index contributed by atoms with van der Waals surface area (Å²) in [6.07, 6.45) is 1.65. The second-order valence-corrected chi connectivity index (χ2v) is 4.59. The van der Waals surface area contributed by atoms with Crippen molar-refractivity contribution in [3.63, 3.8) is 0 Å². The lowest BCUT2D eigenvalue weighted by Crippen LogP contribution is -2.12. The lowest BCUT2D eigenvalue weighted by molar-refractivity contribution is 0.415. The maximum absolute atomic E-state index is 6.06. The fraction of sp³-hybridized carbons (Fsp3) is 0.231. The first-order valence-corrected chi connectivity index (χ1v) is 6.21. The summed E-state index contributed by atoms with van der Waals surface area (Å²) in [6, 6.07) is 7.45. The van der Waals surface area contributed by atoms with Crippen LogP contribution in [0.3, 0.4) is 0 Å². The molecule has 0 saturated heterocycles. The second kappa shape index (κ2) is 6.14. The van der Waals surface area contributed by atoms with Crippen LogP contribution in [-0.2, 0) is 13.1 Å². The van der Waals surface area contributed by atoms with E-state index in [1.807, 2.05) is 24.3 Å². The van der Waals surface area contributed by atoms with Crippen LogP contribution < -0.4 is 10.1 Å². The van der Waals surface area contributed by atoms with Crippen LogP contribution in [0.2, 0.25) is 10.0 Å². The van der Waals surface area contributed by atoms with Crippen LogP contribution in [-0.4, -0.2) is 7.11 Å². The normalized spacial score (nSPS) is 10.6. The van der Waals surface area contributed by atoms with Crippen LogP contribution in [0.25, 0.3) is 0 Å². The molecule has 1 aromatic carbocycles. The molecule has 0 spiro atoms. The highest BCUT2D eigenvalue weighted by atomic mass is 35.5. The van der Waals surface area contributed by atoms with Gasteiger partial charge in [0.25, 0.3) is 0 Å². The molecule has 1 heterocycles. The summed E-state index contributed by atoms with van der Waals surface area (Å²) in [7, 11) is 1.54. The first-order valence-electron chi connectivity index (χ1n) is 5.45. The SMILES string of the molecule is COc1c(Cl)cc(CNCc2ccco2)cc1Cl. The molecule has 5 heteroatoms. The molecule has 0 radical (unpaired) electrons. The molecule has 2 rings (SSSR count). The van der Waals surface area contributed by atoms with Gasteiger partial charge in [-0.25, -0.2) is 0 Å². The zero-order valence-electron chi connectivity index (χ0n) is 9.87. The highest BCUT2D eigenvalue weighted by molar-refractivity contribution is 6.37. The molecule has 0 aliphatic heterocycles. The molecule has 1 aromatic heterocycles. The Balaban J connectivity index is 1.97. The quantitative estimate of drug-likeness (QED) is 0.905. The van der Waals surface area contributed by atoms with Crippen LogP contribution in [0.1, 0.15) is 11.3 Å². The van der Waals surface area contributed by atoms with E-state index < -0.39 is 0 Å². The number of furan rings is 1. The van der Waals surface area contributed by atoms with Crippen LogP contribution in [0.15, 0.2) is 34.9 Å². The van der Waals surface area contributed by atoms with E-state index in [0.29, 0.717) is 28.9 Å². The van der Waals surface area contributed by atoms with Gasteiger partial charge in [-0.15, -0.1) is 0 Å². The molecule has 0 atom stereocenters. The van der Waals surface area contributed by atoms with Gasteiger partial charge in [-0.05, 0) is 29.8 Å². The average Bonchev–Trinajstić information content (AvgIpc) is 2.82. The van der Waals surface area contributed by atoms with Gasteiger partial charge in [0.15, 0.2) is 5.75 Å². The minimum Gasteiger partial charge on any atom is -0.494 e. The maximum Gasteiger partial charge on any atom is 0.156 e. The van der Waals surface area contributed by atoms with Gasteiger partial charge in [-0.1, -0.05) is 23.2 Å². The predicted molar refractivity (Wildman–Crippen MR) is 72.3 cm³/mol. The van der Waals surface area contributed by atoms with E-state index in [4.69, 9.17) is 32.4 Å². The number of methoxy groups -OCH3 is 1. The third-order valence-electron chi connectivity index (χ3n) is 2.47. The fourth-order valence-electron chi connectivity index (χ4n) is 1.65. The summed E-state index contributed by atoms with van der Waals surface area (Å²) < 4.78 is 10.3. The average molecular weight is 286 g/mol. The lowest BCUT2D eigenvalue weighted by atomic mass is 10.2. The van der Waals surface area contributed by atoms with Crippen molar-refractivity contribution >= 4 is 23.2 Å². The Bertz CT molecular complexity index is 489. The first-order chi connectivity index (χ1) is 8.70. The zero-order chi connectivity index (χ0) is 13.0. The van der Waals surface area contributed by atoms with E-state index in [-0.39, 0.29) is 0 Å². The Morgan fingerprint density at radius 1 is 1.22 bits per heavy atom. The third-order valence-corrected chi connectivity index (χ3v) is 3.03. The Morgan fingerprint density at radius 3 is 2.50 bits per heavy atom. The number of hydrogen-bond acceptors (Lipinski definition) is 3. The van der Waals surface area contributed by atoms with Crippen molar-refractivity contribution < 1.29 is 9.15 Å². The summed E-state index contributed by atoms with van der Waals surface area (Å²) in [5.41, 5.74) is 0.998. The van der Waals surface area contributed by atoms with Crippen molar-refractivity contribution in [1.29, 1.82) is 0 Å². The monoisotopic (exact) mass is 285 g/mol. The zero-order valence-corrected chi connectivity index (χ0v) is 11.4. The van der Waals surface area contributed by atoms with Crippen LogP contribution >= 0.6 is 23.2 Å². The Hall–Kier alpha value is -1.16. The molecule has 0 aliphatic carbocycles. The van der Waals surface area contributed by atoms with Gasteiger partial charge in [0, 0.05) is 6.54 Å². The van der Waals surface area contributed by atoms with E-state index in [2.05, 4.69) is 5.32 Å². The van der Waals surface area contributed by atoms with E-state index in [1.165, 1.54) is 0 Å². The second-order valence-electron chi connectivity index (χ2n) is 3.78. The molecule has 96 valence electrons. The summed E-state index contributed by atoms with van der Waals surface area (Å²) >= 11 is 12.1. The molecule has 2 aromatic rings. The van der Waals surface area contributed by atoms with Crippen molar-refractivity contribution in [2.45, 2.75) is 13.1 Å². The van der Waals surface area contributed by atoms with E-state index in [9.17, 15) is 0 Å². The van der Waals surface area contributed by atoms with E-state index in [0.717, 1.165) is 11.3 Å². The minimum absolute atomic E-state index is 0.508. The summed E-state index contributed by atoms with van der Waals surface area (Å²) in [4.78, 5) is 0. The standard InChI is InChI=1S/C13H13Cl2NO2/c1-17-13-11(14)5-9(6-12(13)15)7-16-8-10-3-2-4-18-10/h2-6,16H,7-8H2,1H3. The summed E-state index contributed by atoms with van der Waals surface area (Å²) in [5, 5.41) is 4.27. The fourth-order valence-corrected chi connectivity index (χ4v) is 2.34. The topological polar surface area (TPSA) is 34.4 Å². The van der Waals surface area contributed by atoms with Crippen molar-refractivity contribution in [2.75, 3.05) is 7.11 Å². The molecule has 0 fully saturated rings. The number of rotatable bonds is 5.